The second-order valence-corrected chi connectivity index (χ2v) is 10.3. The van der Waals surface area contributed by atoms with Crippen LogP contribution in [0, 0.1) is 0 Å². The van der Waals surface area contributed by atoms with Crippen LogP contribution in [0.25, 0.3) is 53.8 Å². The molecule has 0 unspecified atom stereocenters. The number of para-hydroxylation sites is 1. The number of hydrogen-bond acceptors (Lipinski definition) is 3. The van der Waals surface area contributed by atoms with Crippen molar-refractivity contribution in [3.8, 4) is 32.8 Å². The van der Waals surface area contributed by atoms with Crippen LogP contribution >= 0.6 is 11.3 Å². The fraction of sp³-hybridized carbons (Fsp3) is 0.0938. The van der Waals surface area contributed by atoms with Crippen molar-refractivity contribution in [1.29, 1.82) is 0 Å². The fourth-order valence-corrected chi connectivity index (χ4v) is 5.81. The second-order valence-electron chi connectivity index (χ2n) is 9.28. The average Bonchev–Trinajstić information content (AvgIpc) is 3.32. The van der Waals surface area contributed by atoms with Crippen molar-refractivity contribution in [2.75, 3.05) is 5.73 Å². The molecule has 0 amide bonds. The van der Waals surface area contributed by atoms with Crippen molar-refractivity contribution in [3.63, 3.8) is 0 Å². The van der Waals surface area contributed by atoms with Gasteiger partial charge in [-0.05, 0) is 63.2 Å². The van der Waals surface area contributed by atoms with E-state index in [4.69, 9.17) is 10.7 Å². The van der Waals surface area contributed by atoms with Crippen LogP contribution < -0.4 is 5.73 Å². The minimum atomic E-state index is 0.512. The van der Waals surface area contributed by atoms with E-state index in [-0.39, 0.29) is 0 Å². The van der Waals surface area contributed by atoms with Gasteiger partial charge in [0.2, 0.25) is 0 Å². The van der Waals surface area contributed by atoms with Crippen LogP contribution in [0.4, 0.5) is 5.69 Å². The fourth-order valence-electron chi connectivity index (χ4n) is 4.73. The SMILES string of the molecule is CC(C)c1ccc(-c2cc(-c3cccc4ccccc34)c3nc(-c4ccccc4N)sc3c2)cc1. The first kappa shape index (κ1) is 21.6. The zero-order valence-electron chi connectivity index (χ0n) is 19.8. The Balaban J connectivity index is 1.62. The van der Waals surface area contributed by atoms with E-state index in [2.05, 4.69) is 98.8 Å². The first-order valence-corrected chi connectivity index (χ1v) is 12.8. The second kappa shape index (κ2) is 8.68. The lowest BCUT2D eigenvalue weighted by Gasteiger charge is -2.12. The maximum atomic E-state index is 6.32. The highest BCUT2D eigenvalue weighted by Gasteiger charge is 2.16. The Kier molecular flexibility index (Phi) is 5.35. The van der Waals surface area contributed by atoms with Gasteiger partial charge in [-0.2, -0.15) is 0 Å². The number of nitrogens with two attached hydrogens (primary N) is 1. The van der Waals surface area contributed by atoms with Gasteiger partial charge < -0.3 is 5.73 Å². The predicted octanol–water partition coefficient (Wildman–Crippen LogP) is 9.16. The standard InChI is InChI=1S/C32H26N2S/c1-20(2)21-14-16-22(17-15-21)24-18-28(26-12-7-9-23-8-3-4-10-25(23)26)31-30(19-24)35-32(34-31)27-11-5-6-13-29(27)33/h3-20H,33H2,1-2H3. The largest absolute Gasteiger partial charge is 0.398 e. The summed E-state index contributed by atoms with van der Waals surface area (Å²) in [5.41, 5.74) is 15.2. The minimum absolute atomic E-state index is 0.512. The van der Waals surface area contributed by atoms with Crippen LogP contribution in [0.15, 0.2) is 103 Å². The van der Waals surface area contributed by atoms with Crippen LogP contribution in [0.1, 0.15) is 25.3 Å². The highest BCUT2D eigenvalue weighted by molar-refractivity contribution is 7.21. The lowest BCUT2D eigenvalue weighted by molar-refractivity contribution is 0.867. The Bertz CT molecular complexity index is 1670. The van der Waals surface area contributed by atoms with Crippen molar-refractivity contribution in [2.45, 2.75) is 19.8 Å². The van der Waals surface area contributed by atoms with Gasteiger partial charge >= 0.3 is 0 Å². The van der Waals surface area contributed by atoms with Gasteiger partial charge in [0.15, 0.2) is 0 Å². The summed E-state index contributed by atoms with van der Waals surface area (Å²) in [6.07, 6.45) is 0. The van der Waals surface area contributed by atoms with E-state index in [1.54, 1.807) is 11.3 Å². The molecular formula is C32H26N2S. The Hall–Kier alpha value is -3.95. The molecule has 0 spiro atoms. The van der Waals surface area contributed by atoms with E-state index in [0.717, 1.165) is 32.0 Å². The quantitative estimate of drug-likeness (QED) is 0.261. The predicted molar refractivity (Wildman–Crippen MR) is 152 cm³/mol. The van der Waals surface area contributed by atoms with Crippen LogP contribution in [0.3, 0.4) is 0 Å². The third-order valence-corrected chi connectivity index (χ3v) is 7.71. The van der Waals surface area contributed by atoms with Crippen molar-refractivity contribution >= 4 is 38.0 Å². The van der Waals surface area contributed by atoms with Gasteiger partial charge in [-0.3, -0.25) is 0 Å². The molecule has 3 heteroatoms. The number of nitrogen functional groups attached to an aromatic ring is 1. The molecule has 5 aromatic carbocycles. The minimum Gasteiger partial charge on any atom is -0.398 e. The van der Waals surface area contributed by atoms with Crippen LogP contribution in [-0.2, 0) is 0 Å². The molecule has 1 heterocycles. The van der Waals surface area contributed by atoms with E-state index < -0.39 is 0 Å². The average molecular weight is 471 g/mol. The normalized spacial score (nSPS) is 11.5. The smallest absolute Gasteiger partial charge is 0.126 e. The number of anilines is 1. The Morgan fingerprint density at radius 3 is 2.20 bits per heavy atom. The molecular weight excluding hydrogens is 444 g/mol. The van der Waals surface area contributed by atoms with Crippen molar-refractivity contribution in [2.24, 2.45) is 0 Å². The summed E-state index contributed by atoms with van der Waals surface area (Å²) in [4.78, 5) is 5.14. The van der Waals surface area contributed by atoms with E-state index in [1.807, 2.05) is 18.2 Å². The Morgan fingerprint density at radius 2 is 1.40 bits per heavy atom. The van der Waals surface area contributed by atoms with Gasteiger partial charge in [-0.25, -0.2) is 4.98 Å². The molecule has 0 aliphatic heterocycles. The first-order valence-electron chi connectivity index (χ1n) is 12.0. The van der Waals surface area contributed by atoms with Gasteiger partial charge in [-0.1, -0.05) is 92.7 Å². The lowest BCUT2D eigenvalue weighted by atomic mass is 9.93. The summed E-state index contributed by atoms with van der Waals surface area (Å²) in [6.45, 7) is 4.46. The van der Waals surface area contributed by atoms with E-state index in [1.165, 1.54) is 33.0 Å². The molecule has 2 N–H and O–H groups in total. The molecule has 0 aliphatic rings. The van der Waals surface area contributed by atoms with E-state index in [9.17, 15) is 0 Å². The molecule has 0 atom stereocenters. The molecule has 35 heavy (non-hydrogen) atoms. The molecule has 1 aromatic heterocycles. The molecule has 0 fully saturated rings. The molecule has 0 bridgehead atoms. The van der Waals surface area contributed by atoms with Crippen LogP contribution in [-0.4, -0.2) is 4.98 Å². The zero-order valence-corrected chi connectivity index (χ0v) is 20.6. The van der Waals surface area contributed by atoms with Gasteiger partial charge in [0, 0.05) is 16.8 Å². The molecule has 0 saturated carbocycles. The third-order valence-electron chi connectivity index (χ3n) is 6.68. The van der Waals surface area contributed by atoms with Crippen LogP contribution in [0.5, 0.6) is 0 Å². The number of rotatable bonds is 4. The third kappa shape index (κ3) is 3.88. The molecule has 0 aliphatic carbocycles. The summed E-state index contributed by atoms with van der Waals surface area (Å²) >= 11 is 1.70. The summed E-state index contributed by atoms with van der Waals surface area (Å²) in [5, 5.41) is 3.41. The van der Waals surface area contributed by atoms with Gasteiger partial charge in [0.1, 0.15) is 5.01 Å². The summed E-state index contributed by atoms with van der Waals surface area (Å²) in [7, 11) is 0. The van der Waals surface area contributed by atoms with E-state index in [0.29, 0.717) is 5.92 Å². The van der Waals surface area contributed by atoms with Crippen molar-refractivity contribution < 1.29 is 0 Å². The molecule has 0 saturated heterocycles. The monoisotopic (exact) mass is 470 g/mol. The van der Waals surface area contributed by atoms with Crippen LogP contribution in [0.2, 0.25) is 0 Å². The van der Waals surface area contributed by atoms with Gasteiger partial charge in [-0.15, -0.1) is 11.3 Å². The number of thiazole rings is 1. The molecule has 6 rings (SSSR count). The van der Waals surface area contributed by atoms with Gasteiger partial charge in [0.05, 0.1) is 10.2 Å². The number of fused-ring (bicyclic) bond motifs is 2. The Labute approximate surface area is 209 Å². The molecule has 6 aromatic rings. The maximum absolute atomic E-state index is 6.32. The van der Waals surface area contributed by atoms with Gasteiger partial charge in [0.25, 0.3) is 0 Å². The highest BCUT2D eigenvalue weighted by Crippen LogP contribution is 2.42. The zero-order chi connectivity index (χ0) is 23.9. The molecule has 0 radical (unpaired) electrons. The Morgan fingerprint density at radius 1 is 0.686 bits per heavy atom. The number of aromatic nitrogens is 1. The maximum Gasteiger partial charge on any atom is 0.126 e. The first-order chi connectivity index (χ1) is 17.1. The lowest BCUT2D eigenvalue weighted by Crippen LogP contribution is -1.89. The highest BCUT2D eigenvalue weighted by atomic mass is 32.1. The molecule has 170 valence electrons. The number of hydrogen-bond donors (Lipinski definition) is 1. The van der Waals surface area contributed by atoms with E-state index >= 15 is 0 Å². The summed E-state index contributed by atoms with van der Waals surface area (Å²) in [6, 6.07) is 36.6. The topological polar surface area (TPSA) is 38.9 Å². The van der Waals surface area contributed by atoms with Crippen molar-refractivity contribution in [1.82, 2.24) is 4.98 Å². The number of nitrogens with zero attached hydrogens (tertiary/aromatic N) is 1. The summed E-state index contributed by atoms with van der Waals surface area (Å²) in [5.74, 6) is 0.512. The number of benzene rings is 5. The summed E-state index contributed by atoms with van der Waals surface area (Å²) < 4.78 is 1.16. The van der Waals surface area contributed by atoms with Crippen molar-refractivity contribution in [3.05, 3.63) is 109 Å². The molecule has 2 nitrogen and oxygen atoms in total.